The number of aliphatic hydroxyl groups is 1. The van der Waals surface area contributed by atoms with Gasteiger partial charge in [0.15, 0.2) is 0 Å². The number of benzene rings is 3. The van der Waals surface area contributed by atoms with E-state index in [9.17, 15) is 14.7 Å². The number of nitriles is 1. The van der Waals surface area contributed by atoms with Crippen molar-refractivity contribution < 1.29 is 19.4 Å². The zero-order valence-electron chi connectivity index (χ0n) is 19.9. The second kappa shape index (κ2) is 9.86. The van der Waals surface area contributed by atoms with Crippen molar-refractivity contribution in [1.82, 2.24) is 0 Å². The van der Waals surface area contributed by atoms with Gasteiger partial charge in [0, 0.05) is 11.3 Å². The standard InChI is InChI=1S/C29H26N2O4/c1-18(2)17-35-24-13-9-21(10-14-24)27(32)25-26(22-6-4-5-19(3)15-22)31(29(34)28(25)33)23-11-7-20(16-30)8-12-23/h4-15,18,26,32H,17H2,1-3H3/b27-25-. The fourth-order valence-corrected chi connectivity index (χ4v) is 4.08. The van der Waals surface area contributed by atoms with Crippen LogP contribution in [0.25, 0.3) is 5.76 Å². The first kappa shape index (κ1) is 23.8. The molecule has 3 aromatic carbocycles. The predicted molar refractivity (Wildman–Crippen MR) is 134 cm³/mol. The van der Waals surface area contributed by atoms with E-state index >= 15 is 0 Å². The molecule has 1 atom stereocenters. The molecule has 1 amide bonds. The molecule has 1 unspecified atom stereocenters. The molecular weight excluding hydrogens is 440 g/mol. The zero-order valence-corrected chi connectivity index (χ0v) is 19.9. The third-order valence-electron chi connectivity index (χ3n) is 5.79. The highest BCUT2D eigenvalue weighted by molar-refractivity contribution is 6.51. The van der Waals surface area contributed by atoms with Crippen LogP contribution in [0.5, 0.6) is 5.75 Å². The number of ketones is 1. The second-order valence-corrected chi connectivity index (χ2v) is 8.97. The number of carbonyl (C=O) groups excluding carboxylic acids is 2. The summed E-state index contributed by atoms with van der Waals surface area (Å²) in [5.74, 6) is -0.723. The second-order valence-electron chi connectivity index (χ2n) is 8.97. The molecule has 1 N–H and O–H groups in total. The molecule has 0 bridgehead atoms. The molecule has 0 aromatic heterocycles. The number of rotatable bonds is 6. The molecule has 1 aliphatic heterocycles. The zero-order chi connectivity index (χ0) is 25.1. The molecule has 1 heterocycles. The third-order valence-corrected chi connectivity index (χ3v) is 5.79. The van der Waals surface area contributed by atoms with Gasteiger partial charge in [0.1, 0.15) is 11.5 Å². The Hall–Kier alpha value is -4.37. The molecule has 3 aromatic rings. The van der Waals surface area contributed by atoms with Crippen molar-refractivity contribution >= 4 is 23.1 Å². The Bertz CT molecular complexity index is 1330. The molecule has 1 fully saturated rings. The number of hydrogen-bond acceptors (Lipinski definition) is 5. The Morgan fingerprint density at radius 2 is 1.74 bits per heavy atom. The summed E-state index contributed by atoms with van der Waals surface area (Å²) < 4.78 is 5.71. The molecule has 0 spiro atoms. The lowest BCUT2D eigenvalue weighted by molar-refractivity contribution is -0.132. The van der Waals surface area contributed by atoms with Gasteiger partial charge in [0.2, 0.25) is 0 Å². The minimum Gasteiger partial charge on any atom is -0.507 e. The molecule has 176 valence electrons. The summed E-state index contributed by atoms with van der Waals surface area (Å²) in [6.45, 7) is 6.60. The van der Waals surface area contributed by atoms with Crippen LogP contribution in [0.4, 0.5) is 5.69 Å². The Labute approximate surface area is 204 Å². The van der Waals surface area contributed by atoms with Crippen LogP contribution in [0.2, 0.25) is 0 Å². The molecule has 0 saturated carbocycles. The lowest BCUT2D eigenvalue weighted by Crippen LogP contribution is -2.29. The molecular formula is C29H26N2O4. The number of ether oxygens (including phenoxy) is 1. The predicted octanol–water partition coefficient (Wildman–Crippen LogP) is 5.53. The van der Waals surface area contributed by atoms with Gasteiger partial charge in [0.05, 0.1) is 29.9 Å². The quantitative estimate of drug-likeness (QED) is 0.293. The first-order valence-electron chi connectivity index (χ1n) is 11.4. The van der Waals surface area contributed by atoms with E-state index in [-0.39, 0.29) is 11.3 Å². The average molecular weight is 467 g/mol. The van der Waals surface area contributed by atoms with Gasteiger partial charge in [-0.2, -0.15) is 5.26 Å². The summed E-state index contributed by atoms with van der Waals surface area (Å²) in [5, 5.41) is 20.4. The fourth-order valence-electron chi connectivity index (χ4n) is 4.08. The maximum atomic E-state index is 13.3. The smallest absolute Gasteiger partial charge is 0.300 e. The number of nitrogens with zero attached hydrogens (tertiary/aromatic N) is 2. The van der Waals surface area contributed by atoms with Crippen LogP contribution >= 0.6 is 0 Å². The number of aryl methyl sites for hydroxylation is 1. The Morgan fingerprint density at radius 3 is 2.34 bits per heavy atom. The number of hydrogen-bond donors (Lipinski definition) is 1. The highest BCUT2D eigenvalue weighted by Gasteiger charge is 2.47. The van der Waals surface area contributed by atoms with Crippen molar-refractivity contribution in [2.24, 2.45) is 5.92 Å². The van der Waals surface area contributed by atoms with Gasteiger partial charge in [-0.15, -0.1) is 0 Å². The first-order chi connectivity index (χ1) is 16.8. The van der Waals surface area contributed by atoms with Crippen LogP contribution < -0.4 is 9.64 Å². The monoisotopic (exact) mass is 466 g/mol. The van der Waals surface area contributed by atoms with E-state index in [1.165, 1.54) is 4.90 Å². The van der Waals surface area contributed by atoms with Crippen molar-refractivity contribution in [1.29, 1.82) is 5.26 Å². The van der Waals surface area contributed by atoms with Crippen LogP contribution in [0.3, 0.4) is 0 Å². The van der Waals surface area contributed by atoms with Crippen molar-refractivity contribution in [3.05, 3.63) is 101 Å². The van der Waals surface area contributed by atoms with Gasteiger partial charge in [-0.3, -0.25) is 14.5 Å². The van der Waals surface area contributed by atoms with Crippen LogP contribution in [0.15, 0.2) is 78.4 Å². The lowest BCUT2D eigenvalue weighted by atomic mass is 9.94. The normalized spacial score (nSPS) is 17.0. The maximum Gasteiger partial charge on any atom is 0.300 e. The van der Waals surface area contributed by atoms with Crippen molar-refractivity contribution in [2.45, 2.75) is 26.8 Å². The molecule has 1 aliphatic rings. The average Bonchev–Trinajstić information content (AvgIpc) is 3.13. The fraction of sp³-hybridized carbons (Fsp3) is 0.207. The van der Waals surface area contributed by atoms with E-state index in [0.717, 1.165) is 5.56 Å². The van der Waals surface area contributed by atoms with Crippen molar-refractivity contribution in [3.8, 4) is 11.8 Å². The number of carbonyl (C=O) groups is 2. The summed E-state index contributed by atoms with van der Waals surface area (Å²) in [7, 11) is 0. The van der Waals surface area contributed by atoms with Crippen LogP contribution in [0, 0.1) is 24.2 Å². The van der Waals surface area contributed by atoms with Gasteiger partial charge in [0.25, 0.3) is 11.7 Å². The van der Waals surface area contributed by atoms with Crippen molar-refractivity contribution in [2.75, 3.05) is 11.5 Å². The number of aliphatic hydroxyl groups excluding tert-OH is 1. The largest absolute Gasteiger partial charge is 0.507 e. The highest BCUT2D eigenvalue weighted by atomic mass is 16.5. The minimum atomic E-state index is -0.820. The molecule has 4 rings (SSSR count). The van der Waals surface area contributed by atoms with Gasteiger partial charge in [-0.1, -0.05) is 43.7 Å². The highest BCUT2D eigenvalue weighted by Crippen LogP contribution is 2.42. The molecule has 6 heteroatoms. The number of Topliss-reactive ketones (excluding diaryl/α,β-unsaturated/α-hetero) is 1. The van der Waals surface area contributed by atoms with Gasteiger partial charge in [-0.05, 0) is 66.9 Å². The van der Waals surface area contributed by atoms with Crippen molar-refractivity contribution in [3.63, 3.8) is 0 Å². The lowest BCUT2D eigenvalue weighted by Gasteiger charge is -2.25. The van der Waals surface area contributed by atoms with Crippen LogP contribution in [0.1, 0.15) is 42.1 Å². The molecule has 0 radical (unpaired) electrons. The molecule has 6 nitrogen and oxygen atoms in total. The Balaban J connectivity index is 1.82. The maximum absolute atomic E-state index is 13.3. The molecule has 35 heavy (non-hydrogen) atoms. The summed E-state index contributed by atoms with van der Waals surface area (Å²) in [6, 6.07) is 22.0. The number of anilines is 1. The van der Waals surface area contributed by atoms with E-state index in [1.807, 2.05) is 31.2 Å². The first-order valence-corrected chi connectivity index (χ1v) is 11.4. The summed E-state index contributed by atoms with van der Waals surface area (Å²) in [6.07, 6.45) is 0. The van der Waals surface area contributed by atoms with E-state index in [0.29, 0.717) is 40.7 Å². The van der Waals surface area contributed by atoms with Gasteiger partial charge >= 0.3 is 0 Å². The minimum absolute atomic E-state index is 0.0146. The van der Waals surface area contributed by atoms with E-state index in [2.05, 4.69) is 19.9 Å². The van der Waals surface area contributed by atoms with Gasteiger partial charge < -0.3 is 9.84 Å². The molecule has 1 saturated heterocycles. The Morgan fingerprint density at radius 1 is 1.06 bits per heavy atom. The topological polar surface area (TPSA) is 90.6 Å². The Kier molecular flexibility index (Phi) is 6.70. The summed E-state index contributed by atoms with van der Waals surface area (Å²) in [5.41, 5.74) is 3.00. The summed E-state index contributed by atoms with van der Waals surface area (Å²) >= 11 is 0. The SMILES string of the molecule is Cc1cccc(C2/C(=C(/O)c3ccc(OCC(C)C)cc3)C(=O)C(=O)N2c2ccc(C#N)cc2)c1. The van der Waals surface area contributed by atoms with E-state index in [1.54, 1.807) is 48.5 Å². The van der Waals surface area contributed by atoms with Crippen LogP contribution in [-0.4, -0.2) is 23.4 Å². The van der Waals surface area contributed by atoms with E-state index in [4.69, 9.17) is 10.00 Å². The third kappa shape index (κ3) is 4.80. The van der Waals surface area contributed by atoms with Gasteiger partial charge in [-0.25, -0.2) is 0 Å². The summed E-state index contributed by atoms with van der Waals surface area (Å²) in [4.78, 5) is 27.9. The van der Waals surface area contributed by atoms with E-state index < -0.39 is 17.7 Å². The van der Waals surface area contributed by atoms with Crippen LogP contribution in [-0.2, 0) is 9.59 Å². The number of amides is 1. The molecule has 0 aliphatic carbocycles.